The first kappa shape index (κ1) is 16.1. The molecule has 0 saturated carbocycles. The maximum absolute atomic E-state index is 12.6. The van der Waals surface area contributed by atoms with Crippen molar-refractivity contribution in [3.8, 4) is 0 Å². The average Bonchev–Trinajstić information content (AvgIpc) is 3.01. The lowest BCUT2D eigenvalue weighted by Gasteiger charge is -2.27. The monoisotopic (exact) mass is 326 g/mol. The first-order chi connectivity index (χ1) is 11.3. The summed E-state index contributed by atoms with van der Waals surface area (Å²) in [5.74, 6) is -1.04. The summed E-state index contributed by atoms with van der Waals surface area (Å²) in [5.41, 5.74) is 9.56. The highest BCUT2D eigenvalue weighted by molar-refractivity contribution is 6.56. The number of amides is 1. The molecule has 6 heteroatoms. The van der Waals surface area contributed by atoms with Crippen molar-refractivity contribution < 1.29 is 14.1 Å². The smallest absolute Gasteiger partial charge is 0.290 e. The van der Waals surface area contributed by atoms with Gasteiger partial charge < -0.3 is 10.3 Å². The van der Waals surface area contributed by atoms with Crippen molar-refractivity contribution in [2.75, 3.05) is 14.1 Å². The first-order valence-electron chi connectivity index (χ1n) is 7.79. The molecule has 0 unspecified atom stereocenters. The third-order valence-electron chi connectivity index (χ3n) is 4.53. The van der Waals surface area contributed by atoms with Gasteiger partial charge in [-0.15, -0.1) is 0 Å². The van der Waals surface area contributed by atoms with E-state index in [9.17, 15) is 9.59 Å². The van der Waals surface area contributed by atoms with Crippen LogP contribution < -0.4 is 10.2 Å². The van der Waals surface area contributed by atoms with Gasteiger partial charge in [0.15, 0.2) is 5.70 Å². The molecule has 2 aromatic rings. The number of carbonyl (C=O) groups excluding carboxylic acids is 2. The van der Waals surface area contributed by atoms with E-state index in [0.29, 0.717) is 27.9 Å². The number of quaternary nitrogens is 1. The molecule has 0 spiro atoms. The average molecular weight is 326 g/mol. The highest BCUT2D eigenvalue weighted by Crippen LogP contribution is 2.48. The number of ketones is 1. The van der Waals surface area contributed by atoms with Crippen molar-refractivity contribution in [1.29, 1.82) is 0 Å². The van der Waals surface area contributed by atoms with E-state index in [2.05, 4.69) is 5.16 Å². The van der Waals surface area contributed by atoms with Gasteiger partial charge in [0.05, 0.1) is 25.4 Å². The van der Waals surface area contributed by atoms with E-state index in [4.69, 9.17) is 10.3 Å². The number of nitrogens with zero attached hydrogens (tertiary/aromatic N) is 2. The van der Waals surface area contributed by atoms with Crippen LogP contribution in [-0.2, 0) is 16.0 Å². The zero-order valence-electron chi connectivity index (χ0n) is 14.2. The molecular weight excluding hydrogens is 306 g/mol. The van der Waals surface area contributed by atoms with E-state index in [1.807, 2.05) is 52.2 Å². The van der Waals surface area contributed by atoms with Crippen LogP contribution in [0.3, 0.4) is 0 Å². The number of aryl methyl sites for hydroxylation is 2. The van der Waals surface area contributed by atoms with Gasteiger partial charge in [-0.2, -0.15) is 0 Å². The number of fused-ring (bicyclic) bond motifs is 1. The molecule has 0 aliphatic carbocycles. The summed E-state index contributed by atoms with van der Waals surface area (Å²) >= 11 is 0. The van der Waals surface area contributed by atoms with Crippen LogP contribution in [0, 0.1) is 6.92 Å². The molecule has 1 amide bonds. The summed E-state index contributed by atoms with van der Waals surface area (Å²) in [6, 6.07) is 7.55. The van der Waals surface area contributed by atoms with E-state index in [1.165, 1.54) is 0 Å². The number of hydrogen-bond acceptors (Lipinski definition) is 4. The number of primary amides is 1. The molecule has 24 heavy (non-hydrogen) atoms. The first-order valence-corrected chi connectivity index (χ1v) is 7.79. The van der Waals surface area contributed by atoms with Crippen LogP contribution in [0.4, 0.5) is 5.69 Å². The summed E-state index contributed by atoms with van der Waals surface area (Å²) in [6.45, 7) is 3.78. The molecule has 1 aromatic carbocycles. The summed E-state index contributed by atoms with van der Waals surface area (Å²) in [4.78, 5) is 24.3. The number of hydrogen-bond donors (Lipinski definition) is 1. The Morgan fingerprint density at radius 2 is 1.92 bits per heavy atom. The van der Waals surface area contributed by atoms with Crippen LogP contribution in [0.15, 0.2) is 28.8 Å². The Bertz CT molecular complexity index is 891. The van der Waals surface area contributed by atoms with Crippen molar-refractivity contribution in [1.82, 2.24) is 9.64 Å². The van der Waals surface area contributed by atoms with Gasteiger partial charge in [-0.05, 0) is 19.4 Å². The maximum Gasteiger partial charge on any atom is 0.290 e. The standard InChI is InChI=1S/C18H19N3O3/c1-5-12-14(10(2)24-20-12)16-15(17(22)18(19)23)11-8-6-7-9-13(11)21(16,3)4/h6-9H,5H2,1-4H3,(H-,19,23)/p+1. The fourth-order valence-electron chi connectivity index (χ4n) is 3.42. The fourth-order valence-corrected chi connectivity index (χ4v) is 3.42. The lowest BCUT2D eigenvalue weighted by atomic mass is 9.97. The number of rotatable bonds is 4. The highest BCUT2D eigenvalue weighted by Gasteiger charge is 2.46. The highest BCUT2D eigenvalue weighted by atomic mass is 16.5. The molecule has 0 radical (unpaired) electrons. The van der Waals surface area contributed by atoms with E-state index >= 15 is 0 Å². The van der Waals surface area contributed by atoms with Crippen LogP contribution in [0.5, 0.6) is 0 Å². The quantitative estimate of drug-likeness (QED) is 0.688. The Labute approximate surface area is 140 Å². The second-order valence-corrected chi connectivity index (χ2v) is 6.30. The summed E-state index contributed by atoms with van der Waals surface area (Å²) in [6.07, 6.45) is 0.657. The van der Waals surface area contributed by atoms with Gasteiger partial charge in [-0.25, -0.2) is 0 Å². The third-order valence-corrected chi connectivity index (χ3v) is 4.53. The largest absolute Gasteiger partial charge is 0.363 e. The van der Waals surface area contributed by atoms with Crippen molar-refractivity contribution in [2.45, 2.75) is 20.3 Å². The fraction of sp³-hybridized carbons (Fsp3) is 0.278. The zero-order chi connectivity index (χ0) is 17.6. The van der Waals surface area contributed by atoms with E-state index in [-0.39, 0.29) is 0 Å². The molecule has 124 valence electrons. The molecule has 0 atom stereocenters. The predicted molar refractivity (Wildman–Crippen MR) is 91.7 cm³/mol. The minimum Gasteiger partial charge on any atom is -0.363 e. The van der Waals surface area contributed by atoms with Crippen molar-refractivity contribution in [2.24, 2.45) is 5.73 Å². The van der Waals surface area contributed by atoms with Crippen molar-refractivity contribution in [3.63, 3.8) is 0 Å². The van der Waals surface area contributed by atoms with Crippen LogP contribution >= 0.6 is 0 Å². The molecule has 1 aliphatic rings. The molecule has 1 aliphatic heterocycles. The summed E-state index contributed by atoms with van der Waals surface area (Å²) in [5, 5.41) is 4.10. The summed E-state index contributed by atoms with van der Waals surface area (Å²) < 4.78 is 5.68. The molecule has 6 nitrogen and oxygen atoms in total. The van der Waals surface area contributed by atoms with Gasteiger partial charge in [-0.3, -0.25) is 14.1 Å². The number of para-hydroxylation sites is 1. The molecule has 3 rings (SSSR count). The SMILES string of the molecule is CCc1noc(C)c1C1=C(C(=O)C(N)=O)c2ccccc2[N+]1(C)C. The zero-order valence-corrected chi connectivity index (χ0v) is 14.2. The third kappa shape index (κ3) is 2.11. The Balaban J connectivity index is 2.42. The minimum atomic E-state index is -0.966. The van der Waals surface area contributed by atoms with E-state index in [0.717, 1.165) is 22.5 Å². The Kier molecular flexibility index (Phi) is 3.64. The molecule has 2 heterocycles. The van der Waals surface area contributed by atoms with Gasteiger partial charge in [0, 0.05) is 6.07 Å². The molecule has 1 aromatic heterocycles. The topological polar surface area (TPSA) is 86.2 Å². The van der Waals surface area contributed by atoms with Crippen LogP contribution in [0.25, 0.3) is 11.3 Å². The van der Waals surface area contributed by atoms with Crippen molar-refractivity contribution in [3.05, 3.63) is 46.8 Å². The van der Waals surface area contributed by atoms with Gasteiger partial charge in [-0.1, -0.05) is 24.2 Å². The second kappa shape index (κ2) is 5.42. The molecule has 0 saturated heterocycles. The molecule has 0 fully saturated rings. The second-order valence-electron chi connectivity index (χ2n) is 6.30. The predicted octanol–water partition coefficient (Wildman–Crippen LogP) is 2.05. The molecule has 2 N–H and O–H groups in total. The Morgan fingerprint density at radius 3 is 2.54 bits per heavy atom. The lowest BCUT2D eigenvalue weighted by molar-refractivity contribution is -0.132. The molecular formula is C18H20N3O3+. The van der Waals surface area contributed by atoms with Gasteiger partial charge >= 0.3 is 0 Å². The number of nitrogens with two attached hydrogens (primary N) is 1. The Morgan fingerprint density at radius 1 is 1.25 bits per heavy atom. The van der Waals surface area contributed by atoms with E-state index in [1.54, 1.807) is 0 Å². The number of carbonyl (C=O) groups is 2. The minimum absolute atomic E-state index is 0.319. The van der Waals surface area contributed by atoms with Gasteiger partial charge in [0.2, 0.25) is 0 Å². The van der Waals surface area contributed by atoms with Gasteiger partial charge in [0.25, 0.3) is 11.7 Å². The van der Waals surface area contributed by atoms with E-state index < -0.39 is 11.7 Å². The van der Waals surface area contributed by atoms with Crippen molar-refractivity contribution >= 4 is 28.6 Å². The lowest BCUT2D eigenvalue weighted by Crippen LogP contribution is -2.37. The van der Waals surface area contributed by atoms with Crippen LogP contribution in [-0.4, -0.2) is 30.9 Å². The number of benzene rings is 1. The number of Topliss-reactive ketones (excluding diaryl/α,β-unsaturated/α-hetero) is 1. The maximum atomic E-state index is 12.6. The number of aromatic nitrogens is 1. The van der Waals surface area contributed by atoms with Crippen LogP contribution in [0.1, 0.15) is 29.5 Å². The van der Waals surface area contributed by atoms with Gasteiger partial charge in [0.1, 0.15) is 22.6 Å². The Hall–Kier alpha value is -2.73. The van der Waals surface area contributed by atoms with Crippen LogP contribution in [0.2, 0.25) is 0 Å². The molecule has 0 bridgehead atoms. The normalized spacial score (nSPS) is 15.5. The summed E-state index contributed by atoms with van der Waals surface area (Å²) in [7, 11) is 3.95.